The highest BCUT2D eigenvalue weighted by Crippen LogP contribution is 2.25. The number of ether oxygens (including phenoxy) is 1. The Kier molecular flexibility index (Phi) is 7.87. The van der Waals surface area contributed by atoms with Crippen LogP contribution < -0.4 is 10.5 Å². The summed E-state index contributed by atoms with van der Waals surface area (Å²) in [7, 11) is 0. The van der Waals surface area contributed by atoms with Gasteiger partial charge in [0.25, 0.3) is 5.91 Å². The summed E-state index contributed by atoms with van der Waals surface area (Å²) in [5.41, 5.74) is 8.67. The molecule has 6 heteroatoms. The third-order valence-corrected chi connectivity index (χ3v) is 5.03. The molecule has 6 nitrogen and oxygen atoms in total. The lowest BCUT2D eigenvalue weighted by atomic mass is 9.89. The number of aryl methyl sites for hydroxylation is 1. The number of rotatable bonds is 9. The van der Waals surface area contributed by atoms with Gasteiger partial charge >= 0.3 is 0 Å². The van der Waals surface area contributed by atoms with Gasteiger partial charge in [-0.1, -0.05) is 33.8 Å². The minimum absolute atomic E-state index is 0.0256. The summed E-state index contributed by atoms with van der Waals surface area (Å²) in [5, 5.41) is 5.81. The number of hydrogen-bond donors (Lipinski definition) is 1. The molecular weight excluding hydrogens is 328 g/mol. The lowest BCUT2D eigenvalue weighted by Crippen LogP contribution is -2.57. The molecule has 1 aliphatic carbocycles. The maximum absolute atomic E-state index is 12.9. The molecule has 0 aromatic heterocycles. The Morgan fingerprint density at radius 3 is 2.27 bits per heavy atom. The Balaban J connectivity index is 2.06. The molecule has 26 heavy (non-hydrogen) atoms. The van der Waals surface area contributed by atoms with Gasteiger partial charge in [0.1, 0.15) is 5.75 Å². The maximum Gasteiger partial charge on any atom is 0.289 e. The van der Waals surface area contributed by atoms with Gasteiger partial charge in [0.2, 0.25) is 0 Å². The van der Waals surface area contributed by atoms with Crippen molar-refractivity contribution in [2.75, 3.05) is 32.8 Å². The zero-order valence-corrected chi connectivity index (χ0v) is 16.7. The summed E-state index contributed by atoms with van der Waals surface area (Å²) in [6.45, 7) is 11.3. The summed E-state index contributed by atoms with van der Waals surface area (Å²) in [4.78, 5) is 12.9. The first-order chi connectivity index (χ1) is 12.5. The number of hydrazine groups is 2. The van der Waals surface area contributed by atoms with Crippen LogP contribution in [0, 0.1) is 0 Å². The number of hydrogen-bond acceptors (Lipinski definition) is 5. The van der Waals surface area contributed by atoms with Gasteiger partial charge in [-0.05, 0) is 42.5 Å². The van der Waals surface area contributed by atoms with Gasteiger partial charge in [-0.2, -0.15) is 5.12 Å². The van der Waals surface area contributed by atoms with Crippen LogP contribution in [0.4, 0.5) is 0 Å². The van der Waals surface area contributed by atoms with E-state index in [0.717, 1.165) is 51.2 Å². The molecule has 0 radical (unpaired) electrons. The van der Waals surface area contributed by atoms with Crippen molar-refractivity contribution in [3.8, 4) is 5.75 Å². The summed E-state index contributed by atoms with van der Waals surface area (Å²) < 4.78 is 5.84. The molecule has 2 rings (SSSR count). The molecule has 1 aliphatic rings. The Bertz CT molecular complexity index is 573. The first-order valence-corrected chi connectivity index (χ1v) is 9.86. The van der Waals surface area contributed by atoms with E-state index in [4.69, 9.17) is 10.5 Å². The van der Waals surface area contributed by atoms with Crippen LogP contribution in [0.3, 0.4) is 0 Å². The van der Waals surface area contributed by atoms with Crippen LogP contribution in [-0.4, -0.2) is 59.9 Å². The largest absolute Gasteiger partial charge is 0.484 e. The highest BCUT2D eigenvalue weighted by Gasteiger charge is 2.25. The van der Waals surface area contributed by atoms with Crippen molar-refractivity contribution < 1.29 is 9.53 Å². The van der Waals surface area contributed by atoms with Gasteiger partial charge in [-0.3, -0.25) is 4.79 Å². The van der Waals surface area contributed by atoms with Crippen LogP contribution in [0.5, 0.6) is 5.75 Å². The van der Waals surface area contributed by atoms with Gasteiger partial charge in [0.15, 0.2) is 6.61 Å². The predicted molar refractivity (Wildman–Crippen MR) is 105 cm³/mol. The van der Waals surface area contributed by atoms with E-state index in [1.165, 1.54) is 11.1 Å². The number of nitrogens with two attached hydrogens (primary N) is 1. The maximum atomic E-state index is 12.9. The van der Waals surface area contributed by atoms with E-state index in [9.17, 15) is 4.79 Å². The van der Waals surface area contributed by atoms with Crippen molar-refractivity contribution in [1.29, 1.82) is 0 Å². The molecule has 0 saturated carbocycles. The van der Waals surface area contributed by atoms with E-state index in [2.05, 4.69) is 33.8 Å². The Hall–Kier alpha value is -1.63. The van der Waals surface area contributed by atoms with E-state index >= 15 is 0 Å². The van der Waals surface area contributed by atoms with Crippen LogP contribution in [0.2, 0.25) is 0 Å². The van der Waals surface area contributed by atoms with E-state index in [1.54, 1.807) is 5.12 Å². The number of carbonyl (C=O) groups is 1. The van der Waals surface area contributed by atoms with E-state index in [1.807, 2.05) is 22.2 Å². The molecule has 1 aromatic rings. The second-order valence-corrected chi connectivity index (χ2v) is 6.68. The third kappa shape index (κ3) is 4.96. The second kappa shape index (κ2) is 9.90. The standard InChI is InChI=1S/C20H34N4O2/c1-5-22(6-2)24(23(7-3)8-4)20(25)15-26-19-12-10-16-9-11-18(21)13-17(16)14-19/h10,12,14,18H,5-9,11,13,15,21H2,1-4H3/t18-/m0/s1. The molecular formula is C20H34N4O2. The van der Waals surface area contributed by atoms with Gasteiger partial charge in [0.05, 0.1) is 0 Å². The highest BCUT2D eigenvalue weighted by molar-refractivity contribution is 5.76. The normalized spacial score (nSPS) is 16.7. The number of fused-ring (bicyclic) bond motifs is 1. The van der Waals surface area contributed by atoms with Crippen molar-refractivity contribution >= 4 is 5.91 Å². The SMILES string of the molecule is CCN(CC)N(C(=O)COc1ccc2c(c1)C[C@@H](N)CC2)N(CC)CC. The van der Waals surface area contributed by atoms with E-state index in [-0.39, 0.29) is 18.6 Å². The zero-order chi connectivity index (χ0) is 19.1. The smallest absolute Gasteiger partial charge is 0.289 e. The predicted octanol–water partition coefficient (Wildman–Crippen LogP) is 2.22. The monoisotopic (exact) mass is 362 g/mol. The van der Waals surface area contributed by atoms with E-state index in [0.29, 0.717) is 0 Å². The average molecular weight is 363 g/mol. The molecule has 1 amide bonds. The number of amides is 1. The summed E-state index contributed by atoms with van der Waals surface area (Å²) in [6.07, 6.45) is 2.94. The topological polar surface area (TPSA) is 62.0 Å². The zero-order valence-electron chi connectivity index (χ0n) is 16.7. The van der Waals surface area contributed by atoms with Crippen LogP contribution in [0.15, 0.2) is 18.2 Å². The van der Waals surface area contributed by atoms with Crippen molar-refractivity contribution in [3.63, 3.8) is 0 Å². The van der Waals surface area contributed by atoms with Gasteiger partial charge in [0, 0.05) is 32.2 Å². The summed E-state index contributed by atoms with van der Waals surface area (Å²) in [5.74, 6) is 0.692. The molecule has 0 heterocycles. The molecule has 0 spiro atoms. The van der Waals surface area contributed by atoms with Crippen molar-refractivity contribution in [2.45, 2.75) is 53.0 Å². The van der Waals surface area contributed by atoms with Crippen molar-refractivity contribution in [3.05, 3.63) is 29.3 Å². The molecule has 0 saturated heterocycles. The quantitative estimate of drug-likeness (QED) is 0.683. The third-order valence-electron chi connectivity index (χ3n) is 5.03. The second-order valence-electron chi connectivity index (χ2n) is 6.68. The summed E-state index contributed by atoms with van der Waals surface area (Å²) >= 11 is 0. The molecule has 1 atom stereocenters. The van der Waals surface area contributed by atoms with Crippen LogP contribution in [0.1, 0.15) is 45.2 Å². The molecule has 2 N–H and O–H groups in total. The van der Waals surface area contributed by atoms with Crippen LogP contribution in [-0.2, 0) is 17.6 Å². The summed E-state index contributed by atoms with van der Waals surface area (Å²) in [6, 6.07) is 6.33. The first kappa shape index (κ1) is 20.7. The fraction of sp³-hybridized carbons (Fsp3) is 0.650. The minimum atomic E-state index is -0.0492. The molecule has 1 aromatic carbocycles. The average Bonchev–Trinajstić information content (AvgIpc) is 2.66. The minimum Gasteiger partial charge on any atom is -0.484 e. The lowest BCUT2D eigenvalue weighted by molar-refractivity contribution is -0.198. The molecule has 0 unspecified atom stereocenters. The van der Waals surface area contributed by atoms with Gasteiger partial charge in [-0.15, -0.1) is 0 Å². The first-order valence-electron chi connectivity index (χ1n) is 9.86. The fourth-order valence-electron chi connectivity index (χ4n) is 3.53. The van der Waals surface area contributed by atoms with Crippen LogP contribution >= 0.6 is 0 Å². The molecule has 146 valence electrons. The van der Waals surface area contributed by atoms with Crippen molar-refractivity contribution in [2.24, 2.45) is 5.73 Å². The molecule has 0 bridgehead atoms. The van der Waals surface area contributed by atoms with Gasteiger partial charge < -0.3 is 10.5 Å². The highest BCUT2D eigenvalue weighted by atomic mass is 16.5. The fourth-order valence-corrected chi connectivity index (χ4v) is 3.53. The number of carbonyl (C=O) groups excluding carboxylic acids is 1. The molecule has 0 aliphatic heterocycles. The van der Waals surface area contributed by atoms with Gasteiger partial charge in [-0.25, -0.2) is 10.0 Å². The number of nitrogens with zero attached hydrogens (tertiary/aromatic N) is 3. The van der Waals surface area contributed by atoms with Crippen molar-refractivity contribution in [1.82, 2.24) is 15.1 Å². The molecule has 0 fully saturated rings. The van der Waals surface area contributed by atoms with E-state index < -0.39 is 0 Å². The lowest BCUT2D eigenvalue weighted by Gasteiger charge is -2.40. The Labute approximate surface area is 157 Å². The number of benzene rings is 1. The Morgan fingerprint density at radius 2 is 1.69 bits per heavy atom. The van der Waals surface area contributed by atoms with Crippen LogP contribution in [0.25, 0.3) is 0 Å². The Morgan fingerprint density at radius 1 is 1.08 bits per heavy atom.